The number of hydrogen-bond acceptors (Lipinski definition) is 3. The fourth-order valence-corrected chi connectivity index (χ4v) is 4.48. The fraction of sp³-hybridized carbons (Fsp3) is 0.353. The van der Waals surface area contributed by atoms with Crippen molar-refractivity contribution in [1.29, 1.82) is 0 Å². The molecule has 2 aromatic heterocycles. The van der Waals surface area contributed by atoms with E-state index in [0.717, 1.165) is 16.4 Å². The van der Waals surface area contributed by atoms with Crippen LogP contribution in [0.15, 0.2) is 24.3 Å². The second-order valence-corrected chi connectivity index (χ2v) is 6.63. The van der Waals surface area contributed by atoms with Crippen LogP contribution in [0.2, 0.25) is 0 Å². The summed E-state index contributed by atoms with van der Waals surface area (Å²) in [4.78, 5) is 7.46. The SMILES string of the molecule is COc1ccc(-c2c(C)nc3sc4c(n23)CCCC4)cc1. The van der Waals surface area contributed by atoms with E-state index in [2.05, 4.69) is 23.5 Å². The Bertz CT molecular complexity index is 798. The normalized spacial score (nSPS) is 14.4. The van der Waals surface area contributed by atoms with Gasteiger partial charge in [0.25, 0.3) is 0 Å². The van der Waals surface area contributed by atoms with E-state index in [1.54, 1.807) is 7.11 Å². The Labute approximate surface area is 128 Å². The smallest absolute Gasteiger partial charge is 0.194 e. The van der Waals surface area contributed by atoms with Gasteiger partial charge >= 0.3 is 0 Å². The van der Waals surface area contributed by atoms with Gasteiger partial charge in [0, 0.05) is 16.1 Å². The Balaban J connectivity index is 1.93. The number of fused-ring (bicyclic) bond motifs is 3. The number of methoxy groups -OCH3 is 1. The molecule has 0 saturated heterocycles. The second-order valence-electron chi connectivity index (χ2n) is 5.57. The van der Waals surface area contributed by atoms with Crippen LogP contribution in [-0.2, 0) is 12.8 Å². The van der Waals surface area contributed by atoms with Crippen LogP contribution in [0.5, 0.6) is 5.75 Å². The maximum absolute atomic E-state index is 5.26. The number of hydrogen-bond donors (Lipinski definition) is 0. The summed E-state index contributed by atoms with van der Waals surface area (Å²) in [7, 11) is 1.70. The summed E-state index contributed by atoms with van der Waals surface area (Å²) in [6.07, 6.45) is 4.99. The molecule has 3 nitrogen and oxygen atoms in total. The first-order valence-electron chi connectivity index (χ1n) is 7.42. The van der Waals surface area contributed by atoms with Gasteiger partial charge in [0.1, 0.15) is 5.75 Å². The molecule has 0 radical (unpaired) electrons. The lowest BCUT2D eigenvalue weighted by Gasteiger charge is -2.12. The monoisotopic (exact) mass is 298 g/mol. The first-order chi connectivity index (χ1) is 10.3. The molecule has 4 heteroatoms. The Morgan fingerprint density at radius 2 is 1.90 bits per heavy atom. The predicted molar refractivity (Wildman–Crippen MR) is 86.4 cm³/mol. The van der Waals surface area contributed by atoms with E-state index in [1.165, 1.54) is 47.5 Å². The van der Waals surface area contributed by atoms with Gasteiger partial charge in [-0.3, -0.25) is 4.40 Å². The van der Waals surface area contributed by atoms with Gasteiger partial charge in [-0.25, -0.2) is 4.98 Å². The van der Waals surface area contributed by atoms with Gasteiger partial charge in [0.05, 0.1) is 18.5 Å². The topological polar surface area (TPSA) is 26.5 Å². The van der Waals surface area contributed by atoms with E-state index in [4.69, 9.17) is 9.72 Å². The molecule has 0 bridgehead atoms. The Kier molecular flexibility index (Phi) is 3.00. The van der Waals surface area contributed by atoms with Gasteiger partial charge in [-0.2, -0.15) is 0 Å². The number of benzene rings is 1. The zero-order valence-electron chi connectivity index (χ0n) is 12.3. The summed E-state index contributed by atoms with van der Waals surface area (Å²) in [5.74, 6) is 0.893. The molecule has 0 aliphatic heterocycles. The highest BCUT2D eigenvalue weighted by atomic mass is 32.1. The molecule has 0 amide bonds. The van der Waals surface area contributed by atoms with Crippen LogP contribution in [-0.4, -0.2) is 16.5 Å². The molecule has 4 rings (SSSR count). The first-order valence-corrected chi connectivity index (χ1v) is 8.23. The van der Waals surface area contributed by atoms with Gasteiger partial charge in [0.15, 0.2) is 4.96 Å². The van der Waals surface area contributed by atoms with Gasteiger partial charge in [0.2, 0.25) is 0 Å². The summed E-state index contributed by atoms with van der Waals surface area (Å²) in [6.45, 7) is 2.11. The van der Waals surface area contributed by atoms with Crippen molar-refractivity contribution in [2.75, 3.05) is 7.11 Å². The number of rotatable bonds is 2. The van der Waals surface area contributed by atoms with Crippen molar-refractivity contribution in [2.24, 2.45) is 0 Å². The molecular formula is C17H18N2OS. The number of aromatic nitrogens is 2. The van der Waals surface area contributed by atoms with Crippen molar-refractivity contribution in [3.05, 3.63) is 40.5 Å². The Hall–Kier alpha value is -1.81. The third kappa shape index (κ3) is 1.97. The number of thiazole rings is 1. The fourth-order valence-electron chi connectivity index (χ4n) is 3.23. The molecule has 3 aromatic rings. The quantitative estimate of drug-likeness (QED) is 0.706. The van der Waals surface area contributed by atoms with Gasteiger partial charge in [-0.15, -0.1) is 11.3 Å². The van der Waals surface area contributed by atoms with E-state index in [1.807, 2.05) is 23.5 Å². The summed E-state index contributed by atoms with van der Waals surface area (Å²) < 4.78 is 7.64. The van der Waals surface area contributed by atoms with Crippen LogP contribution in [0.25, 0.3) is 16.2 Å². The molecule has 108 valence electrons. The third-order valence-corrected chi connectivity index (χ3v) is 5.40. The summed E-state index contributed by atoms with van der Waals surface area (Å²) >= 11 is 1.86. The van der Waals surface area contributed by atoms with Crippen molar-refractivity contribution in [3.63, 3.8) is 0 Å². The number of ether oxygens (including phenoxy) is 1. The molecule has 1 aromatic carbocycles. The molecule has 1 aliphatic carbocycles. The van der Waals surface area contributed by atoms with Gasteiger partial charge < -0.3 is 4.74 Å². The van der Waals surface area contributed by atoms with Crippen molar-refractivity contribution in [2.45, 2.75) is 32.6 Å². The van der Waals surface area contributed by atoms with Crippen LogP contribution < -0.4 is 4.74 Å². The molecule has 0 unspecified atom stereocenters. The molecule has 0 fully saturated rings. The highest BCUT2D eigenvalue weighted by Gasteiger charge is 2.21. The van der Waals surface area contributed by atoms with Gasteiger partial charge in [-0.1, -0.05) is 0 Å². The van der Waals surface area contributed by atoms with E-state index in [0.29, 0.717) is 0 Å². The minimum absolute atomic E-state index is 0.893. The molecule has 1 aliphatic rings. The van der Waals surface area contributed by atoms with Crippen LogP contribution in [0.1, 0.15) is 29.1 Å². The van der Waals surface area contributed by atoms with Crippen molar-refractivity contribution >= 4 is 16.3 Å². The maximum Gasteiger partial charge on any atom is 0.194 e. The summed E-state index contributed by atoms with van der Waals surface area (Å²) in [5.41, 5.74) is 5.05. The molecule has 0 N–H and O–H groups in total. The Morgan fingerprint density at radius 3 is 2.67 bits per heavy atom. The molecule has 21 heavy (non-hydrogen) atoms. The predicted octanol–water partition coefficient (Wildman–Crippen LogP) is 4.26. The summed E-state index contributed by atoms with van der Waals surface area (Å²) in [6, 6.07) is 8.30. The standard InChI is InChI=1S/C17H18N2OS/c1-11-16(12-7-9-13(20-2)10-8-12)19-14-5-3-4-6-15(14)21-17(19)18-11/h7-10H,3-6H2,1-2H3. The van der Waals surface area contributed by atoms with Crippen molar-refractivity contribution < 1.29 is 4.74 Å². The minimum Gasteiger partial charge on any atom is -0.497 e. The largest absolute Gasteiger partial charge is 0.497 e. The van der Waals surface area contributed by atoms with E-state index in [9.17, 15) is 0 Å². The average Bonchev–Trinajstić information content (AvgIpc) is 3.02. The molecular weight excluding hydrogens is 280 g/mol. The number of nitrogens with zero attached hydrogens (tertiary/aromatic N) is 2. The van der Waals surface area contributed by atoms with Crippen LogP contribution >= 0.6 is 11.3 Å². The highest BCUT2D eigenvalue weighted by molar-refractivity contribution is 7.17. The molecule has 0 atom stereocenters. The van der Waals surface area contributed by atoms with Gasteiger partial charge in [-0.05, 0) is 56.9 Å². The Morgan fingerprint density at radius 1 is 1.14 bits per heavy atom. The van der Waals surface area contributed by atoms with Crippen LogP contribution in [0.4, 0.5) is 0 Å². The lowest BCUT2D eigenvalue weighted by Crippen LogP contribution is -2.03. The van der Waals surface area contributed by atoms with Crippen LogP contribution in [0.3, 0.4) is 0 Å². The van der Waals surface area contributed by atoms with Crippen molar-refractivity contribution in [3.8, 4) is 17.0 Å². The zero-order valence-corrected chi connectivity index (χ0v) is 13.2. The van der Waals surface area contributed by atoms with E-state index in [-0.39, 0.29) is 0 Å². The van der Waals surface area contributed by atoms with Crippen LogP contribution in [0, 0.1) is 6.92 Å². The first kappa shape index (κ1) is 12.9. The molecule has 0 spiro atoms. The molecule has 2 heterocycles. The molecule has 0 saturated carbocycles. The number of aryl methyl sites for hydroxylation is 3. The van der Waals surface area contributed by atoms with E-state index >= 15 is 0 Å². The minimum atomic E-state index is 0.893. The highest BCUT2D eigenvalue weighted by Crippen LogP contribution is 2.36. The zero-order chi connectivity index (χ0) is 14.4. The second kappa shape index (κ2) is 4.88. The lowest BCUT2D eigenvalue weighted by molar-refractivity contribution is 0.415. The van der Waals surface area contributed by atoms with E-state index < -0.39 is 0 Å². The lowest BCUT2D eigenvalue weighted by atomic mass is 10.0. The number of imidazole rings is 1. The maximum atomic E-state index is 5.26. The summed E-state index contributed by atoms with van der Waals surface area (Å²) in [5, 5.41) is 0. The average molecular weight is 298 g/mol. The third-order valence-electron chi connectivity index (χ3n) is 4.26. The van der Waals surface area contributed by atoms with Crippen molar-refractivity contribution in [1.82, 2.24) is 9.38 Å².